The number of cyclic esters (lactones) is 1. The molecule has 1 atom stereocenters. The number of hydrogen-bond acceptors (Lipinski definition) is 5. The molecule has 8 nitrogen and oxygen atoms in total. The monoisotopic (exact) mass is 483 g/mol. The van der Waals surface area contributed by atoms with Gasteiger partial charge in [0.1, 0.15) is 5.60 Å². The molecule has 2 N–H and O–H groups in total. The summed E-state index contributed by atoms with van der Waals surface area (Å²) >= 11 is 0. The molecule has 0 spiro atoms. The molecular weight excluding hydrogens is 434 g/mol. The van der Waals surface area contributed by atoms with Gasteiger partial charge in [0.15, 0.2) is 12.8 Å². The van der Waals surface area contributed by atoms with Crippen LogP contribution in [0.3, 0.4) is 0 Å². The van der Waals surface area contributed by atoms with Gasteiger partial charge < -0.3 is 20.1 Å². The molecule has 0 radical (unpaired) electrons. The Kier molecular flexibility index (Phi) is 15.4. The number of amides is 3. The summed E-state index contributed by atoms with van der Waals surface area (Å²) in [6.45, 7) is 7.93. The summed E-state index contributed by atoms with van der Waals surface area (Å²) in [4.78, 5) is 37.4. The topological polar surface area (TPSA) is 97.0 Å². The van der Waals surface area contributed by atoms with Crippen LogP contribution in [0, 0.1) is 0 Å². The third-order valence-corrected chi connectivity index (χ3v) is 5.89. The molecule has 0 aliphatic carbocycles. The van der Waals surface area contributed by atoms with E-state index in [1.165, 1.54) is 81.9 Å². The Labute approximate surface area is 206 Å². The number of urea groups is 1. The van der Waals surface area contributed by atoms with Crippen molar-refractivity contribution in [3.05, 3.63) is 0 Å². The molecule has 1 fully saturated rings. The molecule has 198 valence electrons. The van der Waals surface area contributed by atoms with Gasteiger partial charge >= 0.3 is 18.1 Å². The van der Waals surface area contributed by atoms with Gasteiger partial charge in [0.05, 0.1) is 6.54 Å². The normalized spacial score (nSPS) is 15.8. The SMILES string of the molecule is CCCCCCCCCCCCCCCCNC(=O)NC[C@H]1C(=O)OCN1C(=O)OC(C)(C)C. The van der Waals surface area contributed by atoms with E-state index in [0.717, 1.165) is 12.8 Å². The van der Waals surface area contributed by atoms with Crippen LogP contribution in [0.15, 0.2) is 0 Å². The van der Waals surface area contributed by atoms with Gasteiger partial charge in [0.25, 0.3) is 0 Å². The number of rotatable bonds is 17. The summed E-state index contributed by atoms with van der Waals surface area (Å²) in [5.41, 5.74) is -0.675. The van der Waals surface area contributed by atoms with Crippen LogP contribution in [0.4, 0.5) is 9.59 Å². The lowest BCUT2D eigenvalue weighted by molar-refractivity contribution is -0.139. The average molecular weight is 484 g/mol. The second-order valence-electron chi connectivity index (χ2n) is 10.3. The summed E-state index contributed by atoms with van der Waals surface area (Å²) in [5.74, 6) is -0.543. The molecule has 1 aliphatic heterocycles. The zero-order valence-corrected chi connectivity index (χ0v) is 22.1. The van der Waals surface area contributed by atoms with Gasteiger partial charge in [-0.3, -0.25) is 4.90 Å². The van der Waals surface area contributed by atoms with Gasteiger partial charge in [-0.15, -0.1) is 0 Å². The van der Waals surface area contributed by atoms with Crippen LogP contribution >= 0.6 is 0 Å². The minimum absolute atomic E-state index is 0.0113. The first kappa shape index (κ1) is 30.0. The van der Waals surface area contributed by atoms with Crippen molar-refractivity contribution in [2.45, 2.75) is 129 Å². The molecule has 1 heterocycles. The molecule has 1 saturated heterocycles. The Morgan fingerprint density at radius 2 is 1.38 bits per heavy atom. The van der Waals surface area contributed by atoms with E-state index in [1.807, 2.05) is 0 Å². The molecule has 1 rings (SSSR count). The van der Waals surface area contributed by atoms with Crippen LogP contribution < -0.4 is 10.6 Å². The van der Waals surface area contributed by atoms with Crippen molar-refractivity contribution in [1.82, 2.24) is 15.5 Å². The zero-order chi connectivity index (χ0) is 25.2. The van der Waals surface area contributed by atoms with E-state index in [1.54, 1.807) is 20.8 Å². The lowest BCUT2D eigenvalue weighted by Gasteiger charge is -2.25. The highest BCUT2D eigenvalue weighted by molar-refractivity contribution is 5.85. The van der Waals surface area contributed by atoms with Crippen molar-refractivity contribution in [1.29, 1.82) is 0 Å². The van der Waals surface area contributed by atoms with Gasteiger partial charge in [-0.1, -0.05) is 90.4 Å². The number of nitrogens with one attached hydrogen (secondary N) is 2. The third-order valence-electron chi connectivity index (χ3n) is 5.89. The molecule has 34 heavy (non-hydrogen) atoms. The summed E-state index contributed by atoms with van der Waals surface area (Å²) in [6, 6.07) is -1.22. The van der Waals surface area contributed by atoms with Crippen molar-refractivity contribution in [3.63, 3.8) is 0 Å². The molecular formula is C26H49N3O5. The number of carbonyl (C=O) groups excluding carboxylic acids is 3. The molecule has 0 aromatic heterocycles. The van der Waals surface area contributed by atoms with Gasteiger partial charge in [0.2, 0.25) is 0 Å². The smallest absolute Gasteiger partial charge is 0.413 e. The summed E-state index contributed by atoms with van der Waals surface area (Å²) in [5, 5.41) is 5.46. The molecule has 3 amide bonds. The number of esters is 1. The van der Waals surface area contributed by atoms with Gasteiger partial charge in [-0.05, 0) is 27.2 Å². The number of unbranched alkanes of at least 4 members (excludes halogenated alkanes) is 13. The summed E-state index contributed by atoms with van der Waals surface area (Å²) < 4.78 is 10.2. The maximum Gasteiger partial charge on any atom is 0.413 e. The Morgan fingerprint density at radius 1 is 0.882 bits per heavy atom. The molecule has 0 bridgehead atoms. The van der Waals surface area contributed by atoms with E-state index >= 15 is 0 Å². The van der Waals surface area contributed by atoms with Gasteiger partial charge in [-0.25, -0.2) is 14.4 Å². The molecule has 8 heteroatoms. The number of nitrogens with zero attached hydrogens (tertiary/aromatic N) is 1. The number of hydrogen-bond donors (Lipinski definition) is 2. The van der Waals surface area contributed by atoms with E-state index in [0.29, 0.717) is 6.54 Å². The minimum atomic E-state index is -0.873. The lowest BCUT2D eigenvalue weighted by Crippen LogP contribution is -2.49. The molecule has 0 aromatic carbocycles. The van der Waals surface area contributed by atoms with Gasteiger partial charge in [-0.2, -0.15) is 0 Å². The standard InChI is InChI=1S/C26H49N3O5/c1-5-6-7-8-9-10-11-12-13-14-15-16-17-18-19-27-24(31)28-20-22-23(30)33-21-29(22)25(32)34-26(2,3)4/h22H,5-21H2,1-4H3,(H2,27,28,31)/t22-/m0/s1. The van der Waals surface area contributed by atoms with Crippen LogP contribution in [-0.2, 0) is 14.3 Å². The number of ether oxygens (including phenoxy) is 2. The van der Waals surface area contributed by atoms with Crippen LogP contribution in [-0.4, -0.2) is 54.5 Å². The van der Waals surface area contributed by atoms with E-state index in [9.17, 15) is 14.4 Å². The van der Waals surface area contributed by atoms with Crippen LogP contribution in [0.5, 0.6) is 0 Å². The Bertz CT molecular complexity index is 591. The Hall–Kier alpha value is -1.99. The van der Waals surface area contributed by atoms with Crippen LogP contribution in [0.2, 0.25) is 0 Å². The number of carbonyl (C=O) groups is 3. The fourth-order valence-corrected chi connectivity index (χ4v) is 3.91. The highest BCUT2D eigenvalue weighted by Crippen LogP contribution is 2.17. The van der Waals surface area contributed by atoms with Gasteiger partial charge in [0, 0.05) is 6.54 Å². The lowest BCUT2D eigenvalue weighted by atomic mass is 10.0. The van der Waals surface area contributed by atoms with E-state index in [-0.39, 0.29) is 19.3 Å². The first-order valence-electron chi connectivity index (χ1n) is 13.4. The second-order valence-corrected chi connectivity index (χ2v) is 10.3. The fourth-order valence-electron chi connectivity index (χ4n) is 3.91. The van der Waals surface area contributed by atoms with Crippen molar-refractivity contribution in [2.24, 2.45) is 0 Å². The summed E-state index contributed by atoms with van der Waals surface area (Å²) in [7, 11) is 0. The van der Waals surface area contributed by atoms with E-state index in [4.69, 9.17) is 9.47 Å². The minimum Gasteiger partial charge on any atom is -0.444 e. The fraction of sp³-hybridized carbons (Fsp3) is 0.885. The van der Waals surface area contributed by atoms with Crippen LogP contribution in [0.25, 0.3) is 0 Å². The molecule has 0 unspecified atom stereocenters. The molecule has 1 aliphatic rings. The van der Waals surface area contributed by atoms with Crippen molar-refractivity contribution in [3.8, 4) is 0 Å². The predicted octanol–water partition coefficient (Wildman–Crippen LogP) is 5.89. The average Bonchev–Trinajstić information content (AvgIpc) is 3.14. The first-order chi connectivity index (χ1) is 16.2. The second kappa shape index (κ2) is 17.4. The quantitative estimate of drug-likeness (QED) is 0.199. The zero-order valence-electron chi connectivity index (χ0n) is 22.1. The Balaban J connectivity index is 2.00. The highest BCUT2D eigenvalue weighted by atomic mass is 16.6. The summed E-state index contributed by atoms with van der Waals surface area (Å²) in [6.07, 6.45) is 17.5. The first-order valence-corrected chi connectivity index (χ1v) is 13.4. The van der Waals surface area contributed by atoms with Crippen molar-refractivity contribution in [2.75, 3.05) is 19.8 Å². The Morgan fingerprint density at radius 3 is 1.88 bits per heavy atom. The predicted molar refractivity (Wildman–Crippen MR) is 135 cm³/mol. The maximum absolute atomic E-state index is 12.2. The van der Waals surface area contributed by atoms with Crippen molar-refractivity contribution < 1.29 is 23.9 Å². The van der Waals surface area contributed by atoms with E-state index < -0.39 is 23.7 Å². The molecule has 0 aromatic rings. The maximum atomic E-state index is 12.2. The third kappa shape index (κ3) is 14.3. The van der Waals surface area contributed by atoms with Crippen LogP contribution in [0.1, 0.15) is 118 Å². The molecule has 0 saturated carbocycles. The highest BCUT2D eigenvalue weighted by Gasteiger charge is 2.40. The van der Waals surface area contributed by atoms with Crippen molar-refractivity contribution >= 4 is 18.1 Å². The van der Waals surface area contributed by atoms with E-state index in [2.05, 4.69) is 17.6 Å². The largest absolute Gasteiger partial charge is 0.444 e.